The molecule has 5 rings (SSSR count). The van der Waals surface area contributed by atoms with Crippen LogP contribution in [-0.4, -0.2) is 44.8 Å². The standard InChI is InChI=1S/C29H25BrFN3O6/c1-2-40-29(39)22-26(36)24-25(23(30)18(15-32-24)13-16-7-9-19(31)10-8-16)34(28(22)38)12-11-33-21(35)14-17-5-3-4-6-20(17)27(33)37/h3-10,14-15,22,26,36-37H,2,11-13H2,1H3. The van der Waals surface area contributed by atoms with Gasteiger partial charge in [-0.1, -0.05) is 30.3 Å². The summed E-state index contributed by atoms with van der Waals surface area (Å²) in [6.07, 6.45) is 0.294. The van der Waals surface area contributed by atoms with E-state index in [2.05, 4.69) is 20.9 Å². The number of aliphatic hydroxyl groups is 1. The Bertz CT molecular complexity index is 1670. The molecule has 2 aromatic heterocycles. The van der Waals surface area contributed by atoms with Gasteiger partial charge in [0, 0.05) is 41.6 Å². The van der Waals surface area contributed by atoms with E-state index in [-0.39, 0.29) is 42.8 Å². The Hall–Kier alpha value is -4.09. The van der Waals surface area contributed by atoms with Gasteiger partial charge < -0.3 is 19.8 Å². The number of amides is 1. The van der Waals surface area contributed by atoms with Gasteiger partial charge in [0.05, 0.1) is 18.0 Å². The minimum Gasteiger partial charge on any atom is -0.494 e. The molecule has 0 spiro atoms. The van der Waals surface area contributed by atoms with E-state index in [4.69, 9.17) is 4.74 Å². The van der Waals surface area contributed by atoms with Crippen molar-refractivity contribution < 1.29 is 28.9 Å². The van der Waals surface area contributed by atoms with Crippen LogP contribution in [0.25, 0.3) is 10.8 Å². The lowest BCUT2D eigenvalue weighted by molar-refractivity contribution is -0.157. The molecular formula is C29H25BrFN3O6. The number of aromatic nitrogens is 2. The van der Waals surface area contributed by atoms with Crippen LogP contribution >= 0.6 is 15.9 Å². The Kier molecular flexibility index (Phi) is 7.68. The van der Waals surface area contributed by atoms with Crippen molar-refractivity contribution in [3.63, 3.8) is 0 Å². The molecule has 11 heteroatoms. The second-order valence-electron chi connectivity index (χ2n) is 9.34. The maximum atomic E-state index is 13.7. The molecule has 2 unspecified atom stereocenters. The SMILES string of the molecule is CCOC(=O)C1C(=O)N(CCn2c(O)c3ccccc3cc2=O)c2c(ncc(Cc3ccc(F)cc3)c2Br)C1O. The molecule has 2 aromatic carbocycles. The molecule has 1 aliphatic rings. The summed E-state index contributed by atoms with van der Waals surface area (Å²) in [7, 11) is 0. The minimum absolute atomic E-state index is 0.0102. The number of pyridine rings is 2. The number of benzene rings is 2. The molecule has 0 saturated carbocycles. The normalized spacial score (nSPS) is 16.7. The zero-order chi connectivity index (χ0) is 28.6. The highest BCUT2D eigenvalue weighted by molar-refractivity contribution is 9.10. The van der Waals surface area contributed by atoms with Gasteiger partial charge in [0.1, 0.15) is 11.9 Å². The highest BCUT2D eigenvalue weighted by Gasteiger charge is 2.47. The van der Waals surface area contributed by atoms with Gasteiger partial charge in [0.15, 0.2) is 5.92 Å². The van der Waals surface area contributed by atoms with Gasteiger partial charge in [-0.15, -0.1) is 0 Å². The lowest BCUT2D eigenvalue weighted by Crippen LogP contribution is -2.49. The van der Waals surface area contributed by atoms with E-state index >= 15 is 0 Å². The number of hydrogen-bond donors (Lipinski definition) is 2. The second-order valence-corrected chi connectivity index (χ2v) is 10.1. The molecule has 2 N–H and O–H groups in total. The molecule has 4 aromatic rings. The molecule has 206 valence electrons. The lowest BCUT2D eigenvalue weighted by atomic mass is 9.91. The van der Waals surface area contributed by atoms with Gasteiger partial charge in [-0.05, 0) is 57.6 Å². The van der Waals surface area contributed by atoms with E-state index in [0.717, 1.165) is 10.1 Å². The van der Waals surface area contributed by atoms with E-state index in [1.165, 1.54) is 29.3 Å². The van der Waals surface area contributed by atoms with Crippen LogP contribution in [0.3, 0.4) is 0 Å². The molecule has 0 saturated heterocycles. The maximum absolute atomic E-state index is 13.7. The van der Waals surface area contributed by atoms with Crippen LogP contribution in [0.15, 0.2) is 70.1 Å². The number of carbonyl (C=O) groups excluding carboxylic acids is 2. The summed E-state index contributed by atoms with van der Waals surface area (Å²) in [5.74, 6) is -3.81. The van der Waals surface area contributed by atoms with Crippen molar-refractivity contribution in [1.29, 1.82) is 0 Å². The van der Waals surface area contributed by atoms with Crippen LogP contribution in [0, 0.1) is 11.7 Å². The van der Waals surface area contributed by atoms with Gasteiger partial charge in [-0.25, -0.2) is 4.39 Å². The summed E-state index contributed by atoms with van der Waals surface area (Å²) < 4.78 is 20.1. The number of halogens is 2. The minimum atomic E-state index is -1.56. The number of aromatic hydroxyl groups is 1. The van der Waals surface area contributed by atoms with Crippen molar-refractivity contribution in [2.45, 2.75) is 26.0 Å². The molecule has 1 aliphatic heterocycles. The largest absolute Gasteiger partial charge is 0.494 e. The van der Waals surface area contributed by atoms with E-state index in [9.17, 15) is 29.0 Å². The topological polar surface area (TPSA) is 122 Å². The fourth-order valence-corrected chi connectivity index (χ4v) is 5.57. The summed E-state index contributed by atoms with van der Waals surface area (Å²) in [4.78, 5) is 45.0. The van der Waals surface area contributed by atoms with Gasteiger partial charge in [-0.3, -0.25) is 23.9 Å². The Balaban J connectivity index is 1.57. The summed E-state index contributed by atoms with van der Waals surface area (Å²) in [5.41, 5.74) is 1.30. The highest BCUT2D eigenvalue weighted by atomic mass is 79.9. The lowest BCUT2D eigenvalue weighted by Gasteiger charge is -2.36. The Morgan fingerprint density at radius 1 is 1.12 bits per heavy atom. The average Bonchev–Trinajstić information content (AvgIpc) is 2.93. The molecule has 0 fully saturated rings. The molecule has 2 atom stereocenters. The van der Waals surface area contributed by atoms with Crippen molar-refractivity contribution in [1.82, 2.24) is 9.55 Å². The number of aliphatic hydroxyl groups excluding tert-OH is 1. The number of ether oxygens (including phenoxy) is 1. The van der Waals surface area contributed by atoms with Crippen molar-refractivity contribution in [3.8, 4) is 5.88 Å². The number of carbonyl (C=O) groups is 2. The van der Waals surface area contributed by atoms with Crippen LogP contribution in [-0.2, 0) is 27.3 Å². The molecular weight excluding hydrogens is 585 g/mol. The van der Waals surface area contributed by atoms with E-state index < -0.39 is 29.5 Å². The Morgan fingerprint density at radius 3 is 2.58 bits per heavy atom. The van der Waals surface area contributed by atoms with Crippen LogP contribution in [0.5, 0.6) is 5.88 Å². The summed E-state index contributed by atoms with van der Waals surface area (Å²) in [6, 6.07) is 14.2. The smallest absolute Gasteiger partial charge is 0.321 e. The number of fused-ring (bicyclic) bond motifs is 2. The van der Waals surface area contributed by atoms with Gasteiger partial charge in [0.25, 0.3) is 5.56 Å². The summed E-state index contributed by atoms with van der Waals surface area (Å²) >= 11 is 3.56. The first-order valence-corrected chi connectivity index (χ1v) is 13.4. The fraction of sp³-hybridized carbons (Fsp3) is 0.241. The fourth-order valence-electron chi connectivity index (χ4n) is 4.91. The van der Waals surface area contributed by atoms with Crippen LogP contribution in [0.4, 0.5) is 10.1 Å². The summed E-state index contributed by atoms with van der Waals surface area (Å²) in [5, 5.41) is 23.0. The number of nitrogens with zero attached hydrogens (tertiary/aromatic N) is 3. The van der Waals surface area contributed by atoms with Crippen LogP contribution < -0.4 is 10.5 Å². The van der Waals surface area contributed by atoms with Crippen LogP contribution in [0.2, 0.25) is 0 Å². The van der Waals surface area contributed by atoms with Crippen molar-refractivity contribution in [3.05, 3.63) is 98.3 Å². The zero-order valence-electron chi connectivity index (χ0n) is 21.4. The van der Waals surface area contributed by atoms with E-state index in [1.807, 2.05) is 0 Å². The number of esters is 1. The van der Waals surface area contributed by atoms with Gasteiger partial charge in [0.2, 0.25) is 11.8 Å². The third-order valence-electron chi connectivity index (χ3n) is 6.89. The third kappa shape index (κ3) is 4.98. The second kappa shape index (κ2) is 11.2. The first kappa shape index (κ1) is 27.5. The molecule has 1 amide bonds. The van der Waals surface area contributed by atoms with Crippen molar-refractivity contribution >= 4 is 44.3 Å². The quantitative estimate of drug-likeness (QED) is 0.241. The number of hydrogen-bond acceptors (Lipinski definition) is 7. The van der Waals surface area contributed by atoms with Crippen molar-refractivity contribution in [2.75, 3.05) is 18.1 Å². The van der Waals surface area contributed by atoms with E-state index in [1.54, 1.807) is 43.3 Å². The number of anilines is 1. The third-order valence-corrected chi connectivity index (χ3v) is 7.77. The Labute approximate surface area is 236 Å². The number of rotatable bonds is 7. The first-order valence-electron chi connectivity index (χ1n) is 12.6. The first-order chi connectivity index (χ1) is 19.2. The molecule has 0 bridgehead atoms. The predicted molar refractivity (Wildman–Crippen MR) is 148 cm³/mol. The molecule has 0 aliphatic carbocycles. The molecule has 40 heavy (non-hydrogen) atoms. The van der Waals surface area contributed by atoms with Crippen LogP contribution in [0.1, 0.15) is 29.8 Å². The maximum Gasteiger partial charge on any atom is 0.321 e. The average molecular weight is 610 g/mol. The molecule has 0 radical (unpaired) electrons. The summed E-state index contributed by atoms with van der Waals surface area (Å²) in [6.45, 7) is 1.37. The highest BCUT2D eigenvalue weighted by Crippen LogP contribution is 2.43. The van der Waals surface area contributed by atoms with Gasteiger partial charge in [-0.2, -0.15) is 0 Å². The monoisotopic (exact) mass is 609 g/mol. The molecule has 9 nitrogen and oxygen atoms in total. The van der Waals surface area contributed by atoms with Crippen molar-refractivity contribution in [2.24, 2.45) is 5.92 Å². The Morgan fingerprint density at radius 2 is 1.85 bits per heavy atom. The van der Waals surface area contributed by atoms with Gasteiger partial charge >= 0.3 is 5.97 Å². The zero-order valence-corrected chi connectivity index (χ0v) is 23.0. The molecule has 3 heterocycles. The predicted octanol–water partition coefficient (Wildman–Crippen LogP) is 3.85. The van der Waals surface area contributed by atoms with E-state index in [0.29, 0.717) is 27.2 Å².